The van der Waals surface area contributed by atoms with E-state index in [0.717, 1.165) is 17.4 Å². The molecule has 0 aliphatic rings. The van der Waals surface area contributed by atoms with Crippen LogP contribution in [-0.2, 0) is 11.4 Å². The normalized spacial score (nSPS) is 11.7. The van der Waals surface area contributed by atoms with Crippen molar-refractivity contribution < 1.29 is 14.3 Å². The van der Waals surface area contributed by atoms with E-state index in [1.54, 1.807) is 13.2 Å². The molecule has 2 aromatic carbocycles. The summed E-state index contributed by atoms with van der Waals surface area (Å²) >= 11 is 3.28. The average Bonchev–Trinajstić information content (AvgIpc) is 2.53. The molecule has 0 aliphatic carbocycles. The third-order valence-electron chi connectivity index (χ3n) is 2.86. The smallest absolute Gasteiger partial charge is 0.161 e. The van der Waals surface area contributed by atoms with Crippen LogP contribution in [0.1, 0.15) is 16.0 Å². The minimum atomic E-state index is -0.334. The molecule has 3 nitrogen and oxygen atoms in total. The summed E-state index contributed by atoms with van der Waals surface area (Å²) in [5.41, 5.74) is 1.92. The van der Waals surface area contributed by atoms with Gasteiger partial charge in [0.25, 0.3) is 0 Å². The number of halogens is 1. The minimum Gasteiger partial charge on any atom is -0.493 e. The number of benzene rings is 2. The van der Waals surface area contributed by atoms with Gasteiger partial charge in [-0.05, 0) is 23.3 Å². The molecule has 0 amide bonds. The Hall–Kier alpha value is -1.81. The zero-order valence-electron chi connectivity index (χ0n) is 11.1. The Morgan fingerprint density at radius 1 is 1.15 bits per heavy atom. The van der Waals surface area contributed by atoms with Crippen molar-refractivity contribution in [1.82, 2.24) is 0 Å². The molecule has 0 saturated heterocycles. The van der Waals surface area contributed by atoms with Gasteiger partial charge in [0, 0.05) is 0 Å². The Kier molecular flexibility index (Phi) is 5.18. The number of ether oxygens (including phenoxy) is 2. The first kappa shape index (κ1) is 14.6. The Morgan fingerprint density at radius 2 is 1.90 bits per heavy atom. The molecule has 2 aromatic rings. The van der Waals surface area contributed by atoms with E-state index >= 15 is 0 Å². The van der Waals surface area contributed by atoms with Gasteiger partial charge >= 0.3 is 0 Å². The van der Waals surface area contributed by atoms with E-state index in [-0.39, 0.29) is 4.83 Å². The molecule has 20 heavy (non-hydrogen) atoms. The highest BCUT2D eigenvalue weighted by Gasteiger charge is 2.11. The van der Waals surface area contributed by atoms with Crippen LogP contribution in [0, 0.1) is 0 Å². The van der Waals surface area contributed by atoms with Crippen molar-refractivity contribution in [2.75, 3.05) is 7.11 Å². The molecule has 1 unspecified atom stereocenters. The summed E-state index contributed by atoms with van der Waals surface area (Å²) in [5, 5.41) is 0. The predicted octanol–water partition coefficient (Wildman–Crippen LogP) is 3.91. The second-order valence-corrected chi connectivity index (χ2v) is 5.21. The van der Waals surface area contributed by atoms with E-state index in [4.69, 9.17) is 9.47 Å². The lowest BCUT2D eigenvalue weighted by Gasteiger charge is -2.13. The maximum absolute atomic E-state index is 10.8. The fraction of sp³-hybridized carbons (Fsp3) is 0.188. The van der Waals surface area contributed by atoms with Crippen LogP contribution in [0.3, 0.4) is 0 Å². The van der Waals surface area contributed by atoms with Crippen LogP contribution in [0.5, 0.6) is 11.5 Å². The van der Waals surface area contributed by atoms with Gasteiger partial charge in [-0.1, -0.05) is 52.3 Å². The molecule has 0 bridgehead atoms. The van der Waals surface area contributed by atoms with Gasteiger partial charge < -0.3 is 14.3 Å². The van der Waals surface area contributed by atoms with E-state index in [1.165, 1.54) is 0 Å². The molecule has 0 fully saturated rings. The van der Waals surface area contributed by atoms with Crippen molar-refractivity contribution in [2.24, 2.45) is 0 Å². The molecule has 1 atom stereocenters. The number of hydrogen-bond donors (Lipinski definition) is 0. The van der Waals surface area contributed by atoms with Crippen LogP contribution in [0.2, 0.25) is 0 Å². The molecule has 0 aromatic heterocycles. The molecule has 0 N–H and O–H groups in total. The standard InChI is InChI=1S/C16H15BrO3/c1-19-16-9-13(14(17)10-18)7-8-15(16)20-11-12-5-3-2-4-6-12/h2-10,14H,11H2,1H3. The van der Waals surface area contributed by atoms with Crippen molar-refractivity contribution >= 4 is 22.2 Å². The highest BCUT2D eigenvalue weighted by Crippen LogP contribution is 2.32. The van der Waals surface area contributed by atoms with Gasteiger partial charge in [0.2, 0.25) is 0 Å². The van der Waals surface area contributed by atoms with Crippen molar-refractivity contribution in [2.45, 2.75) is 11.4 Å². The first-order valence-electron chi connectivity index (χ1n) is 6.18. The fourth-order valence-electron chi connectivity index (χ4n) is 1.79. The van der Waals surface area contributed by atoms with Crippen molar-refractivity contribution in [1.29, 1.82) is 0 Å². The van der Waals surface area contributed by atoms with Gasteiger partial charge in [-0.25, -0.2) is 0 Å². The van der Waals surface area contributed by atoms with E-state index in [2.05, 4.69) is 15.9 Å². The topological polar surface area (TPSA) is 35.5 Å². The summed E-state index contributed by atoms with van der Waals surface area (Å²) in [4.78, 5) is 10.4. The van der Waals surface area contributed by atoms with E-state index in [0.29, 0.717) is 18.1 Å². The summed E-state index contributed by atoms with van der Waals surface area (Å²) in [5.74, 6) is 1.27. The molecular formula is C16H15BrO3. The molecule has 4 heteroatoms. The monoisotopic (exact) mass is 334 g/mol. The first-order valence-corrected chi connectivity index (χ1v) is 7.10. The van der Waals surface area contributed by atoms with Gasteiger partial charge in [0.15, 0.2) is 11.5 Å². The number of methoxy groups -OCH3 is 1. The summed E-state index contributed by atoms with van der Waals surface area (Å²) < 4.78 is 11.1. The highest BCUT2D eigenvalue weighted by atomic mass is 79.9. The number of aldehydes is 1. The fourth-order valence-corrected chi connectivity index (χ4v) is 2.07. The van der Waals surface area contributed by atoms with Crippen LogP contribution in [0.15, 0.2) is 48.5 Å². The van der Waals surface area contributed by atoms with E-state index in [1.807, 2.05) is 42.5 Å². The molecule has 0 aliphatic heterocycles. The summed E-state index contributed by atoms with van der Waals surface area (Å²) in [7, 11) is 1.58. The van der Waals surface area contributed by atoms with E-state index < -0.39 is 0 Å². The number of rotatable bonds is 6. The predicted molar refractivity (Wildman–Crippen MR) is 81.5 cm³/mol. The van der Waals surface area contributed by atoms with Gasteiger partial charge in [0.1, 0.15) is 12.9 Å². The number of alkyl halides is 1. The number of carbonyl (C=O) groups excluding carboxylic acids is 1. The second kappa shape index (κ2) is 7.10. The lowest BCUT2D eigenvalue weighted by atomic mass is 10.1. The summed E-state index contributed by atoms with van der Waals surface area (Å²) in [6.45, 7) is 0.474. The van der Waals surface area contributed by atoms with Gasteiger partial charge in [-0.3, -0.25) is 0 Å². The van der Waals surface area contributed by atoms with Crippen LogP contribution in [0.25, 0.3) is 0 Å². The molecule has 0 saturated carbocycles. The quantitative estimate of drug-likeness (QED) is 0.593. The second-order valence-electron chi connectivity index (χ2n) is 4.22. The van der Waals surface area contributed by atoms with E-state index in [9.17, 15) is 4.79 Å². The Balaban J connectivity index is 2.13. The third kappa shape index (κ3) is 3.61. The Bertz CT molecular complexity index is 569. The van der Waals surface area contributed by atoms with Crippen LogP contribution in [-0.4, -0.2) is 13.4 Å². The molecule has 0 heterocycles. The highest BCUT2D eigenvalue weighted by molar-refractivity contribution is 9.09. The largest absolute Gasteiger partial charge is 0.493 e. The maximum atomic E-state index is 10.8. The Morgan fingerprint density at radius 3 is 2.55 bits per heavy atom. The summed E-state index contributed by atoms with van der Waals surface area (Å²) in [6, 6.07) is 15.4. The van der Waals surface area contributed by atoms with Crippen LogP contribution >= 0.6 is 15.9 Å². The van der Waals surface area contributed by atoms with Crippen molar-refractivity contribution in [3.8, 4) is 11.5 Å². The van der Waals surface area contributed by atoms with Crippen molar-refractivity contribution in [3.05, 3.63) is 59.7 Å². The average molecular weight is 335 g/mol. The maximum Gasteiger partial charge on any atom is 0.161 e. The van der Waals surface area contributed by atoms with Crippen LogP contribution < -0.4 is 9.47 Å². The lowest BCUT2D eigenvalue weighted by Crippen LogP contribution is -1.99. The number of hydrogen-bond acceptors (Lipinski definition) is 3. The number of carbonyl (C=O) groups is 1. The molecular weight excluding hydrogens is 320 g/mol. The lowest BCUT2D eigenvalue weighted by molar-refractivity contribution is -0.107. The third-order valence-corrected chi connectivity index (χ3v) is 3.61. The molecule has 2 rings (SSSR count). The minimum absolute atomic E-state index is 0.334. The molecule has 0 spiro atoms. The van der Waals surface area contributed by atoms with Gasteiger partial charge in [-0.15, -0.1) is 0 Å². The molecule has 0 radical (unpaired) electrons. The van der Waals surface area contributed by atoms with Crippen LogP contribution in [0.4, 0.5) is 0 Å². The molecule has 104 valence electrons. The zero-order valence-corrected chi connectivity index (χ0v) is 12.7. The first-order chi connectivity index (χ1) is 9.74. The Labute approximate surface area is 126 Å². The SMILES string of the molecule is COc1cc(C(Br)C=O)ccc1OCc1ccccc1. The van der Waals surface area contributed by atoms with Gasteiger partial charge in [0.05, 0.1) is 11.9 Å². The van der Waals surface area contributed by atoms with Crippen molar-refractivity contribution in [3.63, 3.8) is 0 Å². The van der Waals surface area contributed by atoms with Gasteiger partial charge in [-0.2, -0.15) is 0 Å². The zero-order chi connectivity index (χ0) is 14.4. The summed E-state index contributed by atoms with van der Waals surface area (Å²) in [6.07, 6.45) is 0.833.